The number of aromatic nitrogens is 4. The number of nitriles is 1. The summed E-state index contributed by atoms with van der Waals surface area (Å²) in [5, 5.41) is 26.8. The van der Waals surface area contributed by atoms with Crippen LogP contribution in [-0.2, 0) is 10.3 Å². The van der Waals surface area contributed by atoms with Crippen LogP contribution in [0.4, 0.5) is 26.1 Å². The van der Waals surface area contributed by atoms with Gasteiger partial charge in [0.1, 0.15) is 11.6 Å². The first-order chi connectivity index (χ1) is 19.6. The van der Waals surface area contributed by atoms with Crippen molar-refractivity contribution in [3.05, 3.63) is 66.1 Å². The largest absolute Gasteiger partial charge is 0.386 e. The maximum absolute atomic E-state index is 15.1. The van der Waals surface area contributed by atoms with E-state index in [1.165, 1.54) is 24.4 Å². The minimum absolute atomic E-state index is 0.0699. The Morgan fingerprint density at radius 2 is 1.95 bits per heavy atom. The summed E-state index contributed by atoms with van der Waals surface area (Å²) < 4.78 is 37.5. The van der Waals surface area contributed by atoms with Gasteiger partial charge in [0.2, 0.25) is 5.95 Å². The molecular weight excluding hydrogens is 530 g/mol. The zero-order valence-corrected chi connectivity index (χ0v) is 23.1. The van der Waals surface area contributed by atoms with E-state index in [-0.39, 0.29) is 34.9 Å². The van der Waals surface area contributed by atoms with Crippen LogP contribution in [0.5, 0.6) is 0 Å². The third-order valence-corrected chi connectivity index (χ3v) is 7.22. The molecule has 214 valence electrons. The van der Waals surface area contributed by atoms with Gasteiger partial charge in [-0.05, 0) is 49.7 Å². The molecule has 0 saturated carbocycles. The molecule has 1 fully saturated rings. The summed E-state index contributed by atoms with van der Waals surface area (Å²) in [7, 11) is 0. The van der Waals surface area contributed by atoms with Crippen molar-refractivity contribution in [2.75, 3.05) is 29.9 Å². The molecule has 1 saturated heterocycles. The summed E-state index contributed by atoms with van der Waals surface area (Å²) in [6, 6.07) is 9.12. The average Bonchev–Trinajstić information content (AvgIpc) is 3.31. The van der Waals surface area contributed by atoms with E-state index in [9.17, 15) is 5.11 Å². The van der Waals surface area contributed by atoms with E-state index in [0.29, 0.717) is 43.3 Å². The SMILES string of the molecule is C[C@H]1CN(c2ccncc2Nc2ncc3ccc(-c4c(F)cc(C(C)(C)O)cc4F)nn23)C[C@@H](N)[C@H]1OCCC#N. The predicted molar refractivity (Wildman–Crippen MR) is 150 cm³/mol. The zero-order valence-electron chi connectivity index (χ0n) is 23.1. The van der Waals surface area contributed by atoms with Gasteiger partial charge >= 0.3 is 0 Å². The van der Waals surface area contributed by atoms with Gasteiger partial charge in [-0.15, -0.1) is 0 Å². The summed E-state index contributed by atoms with van der Waals surface area (Å²) in [6.07, 6.45) is 5.12. The van der Waals surface area contributed by atoms with Crippen molar-refractivity contribution in [1.82, 2.24) is 19.6 Å². The van der Waals surface area contributed by atoms with E-state index >= 15 is 8.78 Å². The van der Waals surface area contributed by atoms with Crippen molar-refractivity contribution in [2.24, 2.45) is 11.7 Å². The summed E-state index contributed by atoms with van der Waals surface area (Å²) in [5.74, 6) is -1.22. The van der Waals surface area contributed by atoms with E-state index < -0.39 is 17.2 Å². The molecule has 10 nitrogen and oxygen atoms in total. The second kappa shape index (κ2) is 11.4. The fourth-order valence-electron chi connectivity index (χ4n) is 5.18. The topological polar surface area (TPSA) is 138 Å². The van der Waals surface area contributed by atoms with Crippen LogP contribution < -0.4 is 16.0 Å². The van der Waals surface area contributed by atoms with Gasteiger partial charge in [0, 0.05) is 31.2 Å². The number of halogens is 2. The Hall–Kier alpha value is -4.18. The van der Waals surface area contributed by atoms with Gasteiger partial charge in [0.25, 0.3) is 0 Å². The summed E-state index contributed by atoms with van der Waals surface area (Å²) in [6.45, 7) is 6.54. The number of piperidine rings is 1. The lowest BCUT2D eigenvalue weighted by Gasteiger charge is -2.42. The Balaban J connectivity index is 1.43. The molecule has 1 aliphatic heterocycles. The van der Waals surface area contributed by atoms with Gasteiger partial charge in [-0.25, -0.2) is 13.8 Å². The lowest BCUT2D eigenvalue weighted by Crippen LogP contribution is -2.56. The molecular formula is C29H32F2N8O2. The third-order valence-electron chi connectivity index (χ3n) is 7.22. The highest BCUT2D eigenvalue weighted by Gasteiger charge is 2.34. The highest BCUT2D eigenvalue weighted by atomic mass is 19.1. The van der Waals surface area contributed by atoms with Crippen LogP contribution in [-0.4, -0.2) is 56.5 Å². The number of imidazole rings is 1. The number of anilines is 3. The van der Waals surface area contributed by atoms with Gasteiger partial charge in [-0.3, -0.25) is 4.98 Å². The average molecular weight is 563 g/mol. The molecule has 41 heavy (non-hydrogen) atoms. The number of hydrogen-bond acceptors (Lipinski definition) is 9. The summed E-state index contributed by atoms with van der Waals surface area (Å²) >= 11 is 0. The van der Waals surface area contributed by atoms with E-state index in [1.807, 2.05) is 6.07 Å². The first kappa shape index (κ1) is 28.4. The first-order valence-electron chi connectivity index (χ1n) is 13.3. The van der Waals surface area contributed by atoms with Crippen molar-refractivity contribution in [3.63, 3.8) is 0 Å². The minimum Gasteiger partial charge on any atom is -0.386 e. The van der Waals surface area contributed by atoms with Crippen molar-refractivity contribution >= 4 is 22.8 Å². The number of nitrogens with one attached hydrogen (secondary N) is 1. The van der Waals surface area contributed by atoms with Crippen molar-refractivity contribution in [2.45, 2.75) is 44.9 Å². The maximum atomic E-state index is 15.1. The Labute approximate surface area is 236 Å². The number of pyridine rings is 1. The molecule has 4 heterocycles. The Bertz CT molecular complexity index is 1560. The van der Waals surface area contributed by atoms with Gasteiger partial charge in [-0.1, -0.05) is 6.92 Å². The van der Waals surface area contributed by atoms with Gasteiger partial charge < -0.3 is 25.8 Å². The van der Waals surface area contributed by atoms with Crippen LogP contribution in [0.15, 0.2) is 48.9 Å². The number of nitrogens with two attached hydrogens (primary N) is 1. The number of hydrogen-bond donors (Lipinski definition) is 3. The van der Waals surface area contributed by atoms with Gasteiger partial charge in [0.05, 0.1) is 71.3 Å². The molecule has 1 aliphatic rings. The van der Waals surface area contributed by atoms with Gasteiger partial charge in [-0.2, -0.15) is 14.9 Å². The molecule has 5 rings (SSSR count). The predicted octanol–water partition coefficient (Wildman–Crippen LogP) is 4.12. The zero-order chi connectivity index (χ0) is 29.3. The van der Waals surface area contributed by atoms with Crippen LogP contribution in [0.25, 0.3) is 16.8 Å². The van der Waals surface area contributed by atoms with E-state index in [0.717, 1.165) is 17.8 Å². The molecule has 0 bridgehead atoms. The second-order valence-corrected chi connectivity index (χ2v) is 10.8. The molecule has 0 aliphatic carbocycles. The molecule has 0 radical (unpaired) electrons. The summed E-state index contributed by atoms with van der Waals surface area (Å²) in [5.41, 5.74) is 7.09. The molecule has 0 amide bonds. The molecule has 0 unspecified atom stereocenters. The number of aliphatic hydroxyl groups is 1. The lowest BCUT2D eigenvalue weighted by atomic mass is 9.92. The second-order valence-electron chi connectivity index (χ2n) is 10.8. The number of rotatable bonds is 8. The molecule has 4 N–H and O–H groups in total. The minimum atomic E-state index is -1.40. The maximum Gasteiger partial charge on any atom is 0.229 e. The standard InChI is InChI=1S/C29H32F2N8O2/c1-17-15-38(16-22(33)27(17)41-10-4-8-32)25-7-9-34-14-24(25)36-28-35-13-19-5-6-23(37-39(19)28)26-20(30)11-18(12-21(26)31)29(2,3)40/h5-7,9,11-14,17,22,27,40H,4,10,15-16,33H2,1-3H3,(H,35,36)/t17-,22+,27-/m0/s1. The van der Waals surface area contributed by atoms with E-state index in [1.54, 1.807) is 24.7 Å². The lowest BCUT2D eigenvalue weighted by molar-refractivity contribution is -0.00331. The molecule has 1 aromatic carbocycles. The third kappa shape index (κ3) is 5.83. The smallest absolute Gasteiger partial charge is 0.229 e. The van der Waals surface area contributed by atoms with E-state index in [2.05, 4.69) is 38.3 Å². The van der Waals surface area contributed by atoms with E-state index in [4.69, 9.17) is 15.7 Å². The first-order valence-corrected chi connectivity index (χ1v) is 13.3. The normalized spacial score (nSPS) is 19.4. The molecule has 12 heteroatoms. The van der Waals surface area contributed by atoms with Crippen LogP contribution in [0.1, 0.15) is 32.8 Å². The molecule has 3 atom stereocenters. The summed E-state index contributed by atoms with van der Waals surface area (Å²) in [4.78, 5) is 10.9. The Morgan fingerprint density at radius 3 is 2.63 bits per heavy atom. The van der Waals surface area contributed by atoms with Crippen molar-refractivity contribution in [3.8, 4) is 17.3 Å². The molecule has 3 aromatic heterocycles. The van der Waals surface area contributed by atoms with Crippen molar-refractivity contribution in [1.29, 1.82) is 5.26 Å². The fraction of sp³-hybridized carbons (Fsp3) is 0.379. The number of nitrogens with zero attached hydrogens (tertiary/aromatic N) is 6. The number of ether oxygens (including phenoxy) is 1. The molecule has 0 spiro atoms. The Kier molecular flexibility index (Phi) is 7.86. The van der Waals surface area contributed by atoms with Crippen molar-refractivity contribution < 1.29 is 18.6 Å². The number of benzene rings is 1. The monoisotopic (exact) mass is 562 g/mol. The van der Waals surface area contributed by atoms with Gasteiger partial charge in [0.15, 0.2) is 0 Å². The quantitative estimate of drug-likeness (QED) is 0.271. The highest BCUT2D eigenvalue weighted by molar-refractivity contribution is 5.74. The molecule has 4 aromatic rings. The fourth-order valence-corrected chi connectivity index (χ4v) is 5.18. The van der Waals surface area contributed by atoms with Crippen LogP contribution >= 0.6 is 0 Å². The van der Waals surface area contributed by atoms with Crippen LogP contribution in [0, 0.1) is 28.9 Å². The highest BCUT2D eigenvalue weighted by Crippen LogP contribution is 2.33. The van der Waals surface area contributed by atoms with Crippen LogP contribution in [0.2, 0.25) is 0 Å². The van der Waals surface area contributed by atoms with Crippen LogP contribution in [0.3, 0.4) is 0 Å². The Morgan fingerprint density at radius 1 is 1.20 bits per heavy atom. The number of fused-ring (bicyclic) bond motifs is 1.